The molecule has 0 atom stereocenters. The van der Waals surface area contributed by atoms with E-state index in [1.54, 1.807) is 6.07 Å². The molecule has 0 aromatic heterocycles. The largest absolute Gasteiger partial charge is 0.326 e. The van der Waals surface area contributed by atoms with Gasteiger partial charge in [0.05, 0.1) is 0 Å². The summed E-state index contributed by atoms with van der Waals surface area (Å²) in [5, 5.41) is 0. The zero-order valence-corrected chi connectivity index (χ0v) is 8.61. The van der Waals surface area contributed by atoms with Gasteiger partial charge in [-0.2, -0.15) is 0 Å². The van der Waals surface area contributed by atoms with Gasteiger partial charge in [0.25, 0.3) is 0 Å². The highest BCUT2D eigenvalue weighted by atomic mass is 35.5. The Hall–Kier alpha value is -0.860. The minimum atomic E-state index is -0.100. The van der Waals surface area contributed by atoms with Crippen molar-refractivity contribution in [2.24, 2.45) is 5.73 Å². The van der Waals surface area contributed by atoms with Crippen molar-refractivity contribution in [2.45, 2.75) is 12.8 Å². The predicted molar refractivity (Wildman–Crippen MR) is 59.0 cm³/mol. The van der Waals surface area contributed by atoms with E-state index in [9.17, 15) is 4.39 Å². The van der Waals surface area contributed by atoms with Gasteiger partial charge in [-0.25, -0.2) is 4.39 Å². The Balaban J connectivity index is 0.000000980. The summed E-state index contributed by atoms with van der Waals surface area (Å²) in [6.07, 6.45) is 3.80. The quantitative estimate of drug-likeness (QED) is 0.763. The number of fused-ring (bicyclic) bond motifs is 1. The third-order valence-corrected chi connectivity index (χ3v) is 2.47. The molecule has 1 aliphatic carbocycles. The summed E-state index contributed by atoms with van der Waals surface area (Å²) in [5.41, 5.74) is 8.47. The standard InChI is InChI=1S/C11H12FN.ClH/c12-11-6-2-4-9-8(7-13)3-1-5-10(9)11;/h2-4,6H,1,5,7,13H2;1H. The molecular formula is C11H13ClFN. The van der Waals surface area contributed by atoms with Crippen molar-refractivity contribution in [1.29, 1.82) is 0 Å². The molecule has 0 saturated heterocycles. The molecule has 0 aliphatic heterocycles. The van der Waals surface area contributed by atoms with Gasteiger partial charge < -0.3 is 5.73 Å². The van der Waals surface area contributed by atoms with Crippen LogP contribution in [0.1, 0.15) is 17.5 Å². The average molecular weight is 214 g/mol. The second-order valence-corrected chi connectivity index (χ2v) is 3.24. The van der Waals surface area contributed by atoms with Crippen LogP contribution in [0.3, 0.4) is 0 Å². The summed E-state index contributed by atoms with van der Waals surface area (Å²) in [5.74, 6) is -0.100. The maximum Gasteiger partial charge on any atom is 0.127 e. The molecule has 0 spiro atoms. The lowest BCUT2D eigenvalue weighted by Gasteiger charge is -2.16. The molecule has 1 aromatic rings. The molecule has 0 saturated carbocycles. The fourth-order valence-corrected chi connectivity index (χ4v) is 1.81. The Morgan fingerprint density at radius 2 is 2.14 bits per heavy atom. The summed E-state index contributed by atoms with van der Waals surface area (Å²) in [7, 11) is 0. The van der Waals surface area contributed by atoms with E-state index >= 15 is 0 Å². The van der Waals surface area contributed by atoms with Crippen LogP contribution < -0.4 is 5.73 Å². The van der Waals surface area contributed by atoms with Gasteiger partial charge in [-0.15, -0.1) is 12.4 Å². The number of allylic oxidation sites excluding steroid dienone is 1. The number of halogens is 2. The number of benzene rings is 1. The highest BCUT2D eigenvalue weighted by Crippen LogP contribution is 2.27. The van der Waals surface area contributed by atoms with Crippen molar-refractivity contribution in [1.82, 2.24) is 0 Å². The lowest BCUT2D eigenvalue weighted by molar-refractivity contribution is 0.607. The summed E-state index contributed by atoms with van der Waals surface area (Å²) in [6, 6.07) is 5.19. The molecule has 14 heavy (non-hydrogen) atoms. The van der Waals surface area contributed by atoms with Gasteiger partial charge in [0.15, 0.2) is 0 Å². The first-order chi connectivity index (χ1) is 6.33. The number of nitrogens with two attached hydrogens (primary N) is 1. The molecule has 76 valence electrons. The van der Waals surface area contributed by atoms with E-state index in [0.29, 0.717) is 6.54 Å². The van der Waals surface area contributed by atoms with Gasteiger partial charge in [-0.3, -0.25) is 0 Å². The molecule has 0 heterocycles. The maximum absolute atomic E-state index is 13.3. The molecule has 0 unspecified atom stereocenters. The molecule has 1 aromatic carbocycles. The Kier molecular flexibility index (Phi) is 3.67. The summed E-state index contributed by atoms with van der Waals surface area (Å²) in [6.45, 7) is 0.496. The second kappa shape index (κ2) is 4.58. The topological polar surface area (TPSA) is 26.0 Å². The van der Waals surface area contributed by atoms with Crippen molar-refractivity contribution >= 4 is 18.0 Å². The summed E-state index contributed by atoms with van der Waals surface area (Å²) >= 11 is 0. The first-order valence-electron chi connectivity index (χ1n) is 4.50. The van der Waals surface area contributed by atoms with Crippen LogP contribution in [0, 0.1) is 5.82 Å². The summed E-state index contributed by atoms with van der Waals surface area (Å²) in [4.78, 5) is 0. The minimum Gasteiger partial charge on any atom is -0.326 e. The van der Waals surface area contributed by atoms with Crippen molar-refractivity contribution in [3.05, 3.63) is 41.2 Å². The average Bonchev–Trinajstić information content (AvgIpc) is 2.18. The Labute approximate surface area is 89.2 Å². The van der Waals surface area contributed by atoms with Crippen molar-refractivity contribution in [3.8, 4) is 0 Å². The molecule has 0 radical (unpaired) electrons. The van der Waals surface area contributed by atoms with Crippen LogP contribution in [0.4, 0.5) is 4.39 Å². The molecule has 0 bridgehead atoms. The third kappa shape index (κ3) is 1.81. The van der Waals surface area contributed by atoms with Gasteiger partial charge in [0.1, 0.15) is 5.82 Å². The van der Waals surface area contributed by atoms with Gasteiger partial charge in [-0.1, -0.05) is 18.2 Å². The lowest BCUT2D eigenvalue weighted by Crippen LogP contribution is -2.09. The van der Waals surface area contributed by atoms with Crippen LogP contribution in [0.15, 0.2) is 24.3 Å². The number of hydrogen-bond acceptors (Lipinski definition) is 1. The van der Waals surface area contributed by atoms with Gasteiger partial charge >= 0.3 is 0 Å². The van der Waals surface area contributed by atoms with Crippen LogP contribution in [0.2, 0.25) is 0 Å². The first kappa shape index (κ1) is 11.2. The number of rotatable bonds is 1. The van der Waals surface area contributed by atoms with E-state index in [4.69, 9.17) is 5.73 Å². The van der Waals surface area contributed by atoms with Crippen molar-refractivity contribution < 1.29 is 4.39 Å². The van der Waals surface area contributed by atoms with Crippen LogP contribution >= 0.6 is 12.4 Å². The monoisotopic (exact) mass is 213 g/mol. The fraction of sp³-hybridized carbons (Fsp3) is 0.273. The van der Waals surface area contributed by atoms with E-state index in [-0.39, 0.29) is 18.2 Å². The van der Waals surface area contributed by atoms with Crippen LogP contribution in [0.25, 0.3) is 5.57 Å². The first-order valence-corrected chi connectivity index (χ1v) is 4.50. The van der Waals surface area contributed by atoms with Gasteiger partial charge in [0.2, 0.25) is 0 Å². The zero-order valence-electron chi connectivity index (χ0n) is 7.79. The van der Waals surface area contributed by atoms with Gasteiger partial charge in [-0.05, 0) is 35.6 Å². The summed E-state index contributed by atoms with van der Waals surface area (Å²) < 4.78 is 13.3. The molecule has 2 rings (SSSR count). The van der Waals surface area contributed by atoms with E-state index in [1.165, 1.54) is 6.07 Å². The molecule has 2 N–H and O–H groups in total. The molecule has 1 nitrogen and oxygen atoms in total. The Morgan fingerprint density at radius 1 is 1.36 bits per heavy atom. The van der Waals surface area contributed by atoms with E-state index < -0.39 is 0 Å². The maximum atomic E-state index is 13.3. The SMILES string of the molecule is Cl.NCC1=CCCc2c(F)cccc21. The third-order valence-electron chi connectivity index (χ3n) is 2.47. The Bertz CT molecular complexity index is 360. The van der Waals surface area contributed by atoms with Crippen LogP contribution in [0.5, 0.6) is 0 Å². The molecular weight excluding hydrogens is 201 g/mol. The highest BCUT2D eigenvalue weighted by Gasteiger charge is 2.14. The number of hydrogen-bond donors (Lipinski definition) is 1. The minimum absolute atomic E-state index is 0. The van der Waals surface area contributed by atoms with Crippen LogP contribution in [-0.4, -0.2) is 6.54 Å². The van der Waals surface area contributed by atoms with Crippen molar-refractivity contribution in [3.63, 3.8) is 0 Å². The second-order valence-electron chi connectivity index (χ2n) is 3.24. The zero-order chi connectivity index (χ0) is 9.26. The molecule has 1 aliphatic rings. The lowest BCUT2D eigenvalue weighted by atomic mass is 9.90. The van der Waals surface area contributed by atoms with E-state index in [0.717, 1.165) is 29.5 Å². The molecule has 0 fully saturated rings. The highest BCUT2D eigenvalue weighted by molar-refractivity contribution is 5.85. The van der Waals surface area contributed by atoms with Gasteiger partial charge in [0, 0.05) is 6.54 Å². The normalized spacial score (nSPS) is 14.0. The van der Waals surface area contributed by atoms with E-state index in [2.05, 4.69) is 6.08 Å². The van der Waals surface area contributed by atoms with Crippen molar-refractivity contribution in [2.75, 3.05) is 6.54 Å². The fourth-order valence-electron chi connectivity index (χ4n) is 1.81. The Morgan fingerprint density at radius 3 is 2.86 bits per heavy atom. The van der Waals surface area contributed by atoms with E-state index in [1.807, 2.05) is 6.07 Å². The molecule has 3 heteroatoms. The van der Waals surface area contributed by atoms with Crippen LogP contribution in [-0.2, 0) is 6.42 Å². The smallest absolute Gasteiger partial charge is 0.127 e. The predicted octanol–water partition coefficient (Wildman–Crippen LogP) is 2.54. The molecule has 0 amide bonds.